The van der Waals surface area contributed by atoms with Crippen LogP contribution < -0.4 is 16.0 Å². The van der Waals surface area contributed by atoms with E-state index in [2.05, 4.69) is 10.4 Å². The number of nitrogens with zero attached hydrogens (tertiary/aromatic N) is 1. The highest BCUT2D eigenvalue weighted by molar-refractivity contribution is 6.32. The number of nitrogens with one attached hydrogen (secondary N) is 1. The number of hydrogen-bond acceptors (Lipinski definition) is 4. The van der Waals surface area contributed by atoms with E-state index in [1.54, 1.807) is 6.20 Å². The van der Waals surface area contributed by atoms with Crippen molar-refractivity contribution in [3.8, 4) is 5.75 Å². The molecular formula is C14H16ClN3O. The first kappa shape index (κ1) is 13.6. The SMILES string of the molecule is Cc1cc(OCc2cccnc2NN)cc(C)c1Cl. The number of hydrogen-bond donors (Lipinski definition) is 2. The van der Waals surface area contributed by atoms with E-state index in [9.17, 15) is 0 Å². The average molecular weight is 278 g/mol. The molecule has 0 fully saturated rings. The van der Waals surface area contributed by atoms with E-state index in [0.29, 0.717) is 12.4 Å². The summed E-state index contributed by atoms with van der Waals surface area (Å²) in [4.78, 5) is 4.12. The van der Waals surface area contributed by atoms with Gasteiger partial charge >= 0.3 is 0 Å². The van der Waals surface area contributed by atoms with Gasteiger partial charge in [-0.1, -0.05) is 17.7 Å². The minimum atomic E-state index is 0.397. The van der Waals surface area contributed by atoms with E-state index in [1.807, 2.05) is 38.1 Å². The molecule has 0 spiro atoms. The molecule has 0 aliphatic rings. The quantitative estimate of drug-likeness (QED) is 0.665. The monoisotopic (exact) mass is 277 g/mol. The number of pyridine rings is 1. The van der Waals surface area contributed by atoms with Crippen molar-refractivity contribution in [1.29, 1.82) is 0 Å². The van der Waals surface area contributed by atoms with E-state index >= 15 is 0 Å². The number of benzene rings is 1. The van der Waals surface area contributed by atoms with Crippen molar-refractivity contribution < 1.29 is 4.74 Å². The summed E-state index contributed by atoms with van der Waals surface area (Å²) in [6.07, 6.45) is 1.68. The lowest BCUT2D eigenvalue weighted by Crippen LogP contribution is -2.12. The fraction of sp³-hybridized carbons (Fsp3) is 0.214. The summed E-state index contributed by atoms with van der Waals surface area (Å²) >= 11 is 6.12. The Morgan fingerprint density at radius 2 is 2.00 bits per heavy atom. The number of ether oxygens (including phenoxy) is 1. The maximum atomic E-state index is 6.12. The van der Waals surface area contributed by atoms with Crippen molar-refractivity contribution in [2.24, 2.45) is 5.84 Å². The summed E-state index contributed by atoms with van der Waals surface area (Å²) in [5.41, 5.74) is 5.45. The summed E-state index contributed by atoms with van der Waals surface area (Å²) in [5.74, 6) is 6.80. The van der Waals surface area contributed by atoms with Crippen molar-refractivity contribution >= 4 is 17.4 Å². The minimum absolute atomic E-state index is 0.397. The highest BCUT2D eigenvalue weighted by atomic mass is 35.5. The van der Waals surface area contributed by atoms with Gasteiger partial charge in [-0.15, -0.1) is 0 Å². The molecule has 4 nitrogen and oxygen atoms in total. The van der Waals surface area contributed by atoms with Crippen LogP contribution in [0.25, 0.3) is 0 Å². The Labute approximate surface area is 117 Å². The number of aromatic nitrogens is 1. The number of nitrogen functional groups attached to an aromatic ring is 1. The van der Waals surface area contributed by atoms with Gasteiger partial charge in [0.2, 0.25) is 0 Å². The first-order valence-corrected chi connectivity index (χ1v) is 6.29. The van der Waals surface area contributed by atoms with Gasteiger partial charge in [-0.3, -0.25) is 0 Å². The molecule has 0 atom stereocenters. The topological polar surface area (TPSA) is 60.2 Å². The lowest BCUT2D eigenvalue weighted by atomic mass is 10.1. The molecule has 1 heterocycles. The van der Waals surface area contributed by atoms with Crippen LogP contribution >= 0.6 is 11.6 Å². The molecule has 1 aromatic carbocycles. The maximum Gasteiger partial charge on any atom is 0.146 e. The Morgan fingerprint density at radius 1 is 1.32 bits per heavy atom. The number of hydrazine groups is 1. The van der Waals surface area contributed by atoms with Crippen molar-refractivity contribution in [3.05, 3.63) is 52.2 Å². The molecule has 19 heavy (non-hydrogen) atoms. The summed E-state index contributed by atoms with van der Waals surface area (Å²) in [6.45, 7) is 4.31. The van der Waals surface area contributed by atoms with Crippen LogP contribution in [0.5, 0.6) is 5.75 Å². The van der Waals surface area contributed by atoms with Gasteiger partial charge in [0.25, 0.3) is 0 Å². The minimum Gasteiger partial charge on any atom is -0.489 e. The number of halogens is 1. The summed E-state index contributed by atoms with van der Waals surface area (Å²) in [6, 6.07) is 7.60. The molecular weight excluding hydrogens is 262 g/mol. The van der Waals surface area contributed by atoms with Crippen LogP contribution in [-0.2, 0) is 6.61 Å². The molecule has 0 aliphatic heterocycles. The van der Waals surface area contributed by atoms with Crippen molar-refractivity contribution in [1.82, 2.24) is 4.98 Å². The Balaban J connectivity index is 2.15. The molecule has 0 saturated carbocycles. The van der Waals surface area contributed by atoms with E-state index in [4.69, 9.17) is 22.2 Å². The summed E-state index contributed by atoms with van der Waals surface area (Å²) < 4.78 is 5.76. The first-order valence-electron chi connectivity index (χ1n) is 5.92. The number of rotatable bonds is 4. The van der Waals surface area contributed by atoms with Crippen LogP contribution in [0.3, 0.4) is 0 Å². The van der Waals surface area contributed by atoms with Crippen LogP contribution in [0, 0.1) is 13.8 Å². The van der Waals surface area contributed by atoms with Crippen LogP contribution in [0.1, 0.15) is 16.7 Å². The Kier molecular flexibility index (Phi) is 4.24. The summed E-state index contributed by atoms with van der Waals surface area (Å²) in [7, 11) is 0. The Hall–Kier alpha value is -1.78. The van der Waals surface area contributed by atoms with Crippen LogP contribution in [0.4, 0.5) is 5.82 Å². The molecule has 3 N–H and O–H groups in total. The molecule has 0 unspecified atom stereocenters. The zero-order valence-electron chi connectivity index (χ0n) is 10.9. The molecule has 0 radical (unpaired) electrons. The van der Waals surface area contributed by atoms with E-state index in [1.165, 1.54) is 0 Å². The third kappa shape index (κ3) is 3.16. The van der Waals surface area contributed by atoms with Gasteiger partial charge in [0.05, 0.1) is 0 Å². The molecule has 5 heteroatoms. The van der Waals surface area contributed by atoms with Gasteiger partial charge in [-0.25, -0.2) is 10.8 Å². The zero-order valence-corrected chi connectivity index (χ0v) is 11.7. The second-order valence-electron chi connectivity index (χ2n) is 4.32. The summed E-state index contributed by atoms with van der Waals surface area (Å²) in [5, 5.41) is 0.776. The maximum absolute atomic E-state index is 6.12. The van der Waals surface area contributed by atoms with Crippen molar-refractivity contribution in [2.75, 3.05) is 5.43 Å². The molecule has 0 saturated heterocycles. The number of aryl methyl sites for hydroxylation is 2. The van der Waals surface area contributed by atoms with Crippen molar-refractivity contribution in [2.45, 2.75) is 20.5 Å². The van der Waals surface area contributed by atoms with Gasteiger partial charge in [0.1, 0.15) is 18.2 Å². The number of nitrogens with two attached hydrogens (primary N) is 1. The van der Waals surface area contributed by atoms with Gasteiger partial charge in [0, 0.05) is 16.8 Å². The zero-order chi connectivity index (χ0) is 13.8. The van der Waals surface area contributed by atoms with Crippen LogP contribution in [0.15, 0.2) is 30.5 Å². The number of anilines is 1. The largest absolute Gasteiger partial charge is 0.489 e. The van der Waals surface area contributed by atoms with Gasteiger partial charge < -0.3 is 10.2 Å². The molecule has 2 aromatic rings. The molecule has 100 valence electrons. The predicted octanol–water partition coefficient (Wildman–Crippen LogP) is 3.22. The Morgan fingerprint density at radius 3 is 2.63 bits per heavy atom. The molecule has 0 aliphatic carbocycles. The van der Waals surface area contributed by atoms with Crippen LogP contribution in [0.2, 0.25) is 5.02 Å². The fourth-order valence-electron chi connectivity index (χ4n) is 1.84. The Bertz CT molecular complexity index is 564. The molecule has 2 rings (SSSR count). The third-order valence-electron chi connectivity index (χ3n) is 2.83. The molecule has 1 aromatic heterocycles. The van der Waals surface area contributed by atoms with E-state index < -0.39 is 0 Å². The third-order valence-corrected chi connectivity index (χ3v) is 3.43. The smallest absolute Gasteiger partial charge is 0.146 e. The van der Waals surface area contributed by atoms with Gasteiger partial charge in [-0.2, -0.15) is 0 Å². The standard InChI is InChI=1S/C14H16ClN3O/c1-9-6-12(7-10(2)13(9)15)19-8-11-4-3-5-17-14(11)18-16/h3-7H,8,16H2,1-2H3,(H,17,18). The van der Waals surface area contributed by atoms with E-state index in [0.717, 1.165) is 27.5 Å². The average Bonchev–Trinajstić information content (AvgIpc) is 2.42. The second kappa shape index (κ2) is 5.91. The lowest BCUT2D eigenvalue weighted by Gasteiger charge is -2.11. The fourth-order valence-corrected chi connectivity index (χ4v) is 1.94. The molecule has 0 bridgehead atoms. The molecule has 0 amide bonds. The van der Waals surface area contributed by atoms with Crippen LogP contribution in [-0.4, -0.2) is 4.98 Å². The second-order valence-corrected chi connectivity index (χ2v) is 4.69. The predicted molar refractivity (Wildman–Crippen MR) is 77.3 cm³/mol. The lowest BCUT2D eigenvalue weighted by molar-refractivity contribution is 0.306. The van der Waals surface area contributed by atoms with Gasteiger partial charge in [-0.05, 0) is 43.2 Å². The normalized spacial score (nSPS) is 10.3. The van der Waals surface area contributed by atoms with Gasteiger partial charge in [0.15, 0.2) is 0 Å². The van der Waals surface area contributed by atoms with Crippen molar-refractivity contribution in [3.63, 3.8) is 0 Å². The first-order chi connectivity index (χ1) is 9.11. The highest BCUT2D eigenvalue weighted by Gasteiger charge is 2.06. The van der Waals surface area contributed by atoms with E-state index in [-0.39, 0.29) is 0 Å². The highest BCUT2D eigenvalue weighted by Crippen LogP contribution is 2.26.